The fourth-order valence-electron chi connectivity index (χ4n) is 3.76. The van der Waals surface area contributed by atoms with Crippen molar-refractivity contribution in [2.75, 3.05) is 5.32 Å². The molecule has 0 saturated heterocycles. The van der Waals surface area contributed by atoms with E-state index in [2.05, 4.69) is 92.8 Å². The summed E-state index contributed by atoms with van der Waals surface area (Å²) in [5.74, 6) is 0. The summed E-state index contributed by atoms with van der Waals surface area (Å²) in [7, 11) is 0. The van der Waals surface area contributed by atoms with Crippen LogP contribution in [-0.2, 0) is 31.1 Å². The maximum absolute atomic E-state index is 3.69. The molecule has 4 aliphatic carbocycles. The van der Waals surface area contributed by atoms with E-state index < -0.39 is 0 Å². The third-order valence-corrected chi connectivity index (χ3v) is 5.61. The molecule has 0 heterocycles. The lowest BCUT2D eigenvalue weighted by molar-refractivity contribution is 0.590. The number of hydrogen-bond donors (Lipinski definition) is 1. The van der Waals surface area contributed by atoms with Crippen LogP contribution >= 0.6 is 0 Å². The van der Waals surface area contributed by atoms with Crippen LogP contribution < -0.4 is 5.32 Å². The third kappa shape index (κ3) is 4.24. The Bertz CT molecular complexity index is 912. The maximum atomic E-state index is 3.69. The Morgan fingerprint density at radius 1 is 0.630 bits per heavy atom. The predicted molar refractivity (Wildman–Crippen MR) is 116 cm³/mol. The molecule has 0 radical (unpaired) electrons. The Hall–Kier alpha value is -2.54. The highest BCUT2D eigenvalue weighted by Gasteiger charge is 2.13. The quantitative estimate of drug-likeness (QED) is 0.545. The summed E-state index contributed by atoms with van der Waals surface area (Å²) in [5, 5.41) is 3.69. The molecule has 0 saturated carbocycles. The van der Waals surface area contributed by atoms with Gasteiger partial charge in [0.05, 0.1) is 0 Å². The molecule has 27 heavy (non-hydrogen) atoms. The van der Waals surface area contributed by atoms with Crippen molar-refractivity contribution in [3.63, 3.8) is 0 Å². The molecule has 4 aliphatic rings. The Morgan fingerprint density at radius 2 is 1.19 bits per heavy atom. The highest BCUT2D eigenvalue weighted by atomic mass is 14.9. The van der Waals surface area contributed by atoms with Gasteiger partial charge in [-0.05, 0) is 77.1 Å². The van der Waals surface area contributed by atoms with Gasteiger partial charge in [-0.3, -0.25) is 0 Å². The lowest BCUT2D eigenvalue weighted by Crippen LogP contribution is -2.10. The van der Waals surface area contributed by atoms with Crippen LogP contribution in [-0.4, -0.2) is 0 Å². The van der Waals surface area contributed by atoms with E-state index in [1.807, 2.05) is 0 Å². The van der Waals surface area contributed by atoms with Gasteiger partial charge in [0.25, 0.3) is 0 Å². The summed E-state index contributed by atoms with van der Waals surface area (Å²) >= 11 is 0. The molecule has 1 nitrogen and oxygen atoms in total. The van der Waals surface area contributed by atoms with Gasteiger partial charge in [-0.2, -0.15) is 0 Å². The van der Waals surface area contributed by atoms with Crippen LogP contribution in [0.5, 0.6) is 0 Å². The molecule has 1 heteroatoms. The van der Waals surface area contributed by atoms with Crippen LogP contribution in [0.4, 0.5) is 11.4 Å². The van der Waals surface area contributed by atoms with E-state index >= 15 is 0 Å². The smallest absolute Gasteiger partial charge is 0.0419 e. The van der Waals surface area contributed by atoms with Crippen LogP contribution in [0, 0.1) is 0 Å². The van der Waals surface area contributed by atoms with E-state index in [1.165, 1.54) is 33.5 Å². The van der Waals surface area contributed by atoms with E-state index in [4.69, 9.17) is 0 Å². The number of rotatable bonds is 2. The zero-order chi connectivity index (χ0) is 18.9. The molecular weight excluding hydrogens is 326 g/mol. The van der Waals surface area contributed by atoms with E-state index in [1.54, 1.807) is 0 Å². The number of nitrogens with one attached hydrogen (secondary N) is 1. The molecule has 7 rings (SSSR count). The van der Waals surface area contributed by atoms with Crippen molar-refractivity contribution in [1.29, 1.82) is 0 Å². The molecule has 3 aromatic carbocycles. The van der Waals surface area contributed by atoms with Gasteiger partial charge in [0.15, 0.2) is 0 Å². The fourth-order valence-corrected chi connectivity index (χ4v) is 3.76. The molecule has 4 bridgehead atoms. The van der Waals surface area contributed by atoms with Crippen LogP contribution in [0.2, 0.25) is 0 Å². The van der Waals surface area contributed by atoms with Crippen molar-refractivity contribution in [2.45, 2.75) is 51.9 Å². The summed E-state index contributed by atoms with van der Waals surface area (Å²) in [5.41, 5.74) is 9.61. The van der Waals surface area contributed by atoms with Gasteiger partial charge in [0.2, 0.25) is 0 Å². The Balaban J connectivity index is 1.61. The number of anilines is 2. The number of hydrogen-bond acceptors (Lipinski definition) is 1. The Kier molecular flexibility index (Phi) is 4.78. The van der Waals surface area contributed by atoms with Crippen LogP contribution in [0.15, 0.2) is 66.7 Å². The molecule has 138 valence electrons. The first-order valence-corrected chi connectivity index (χ1v) is 10.0. The second-order valence-electron chi connectivity index (χ2n) is 8.76. The largest absolute Gasteiger partial charge is 0.355 e. The van der Waals surface area contributed by atoms with Gasteiger partial charge in [-0.1, -0.05) is 69.3 Å². The predicted octanol–water partition coefficient (Wildman–Crippen LogP) is 6.61. The minimum absolute atomic E-state index is 0.187. The van der Waals surface area contributed by atoms with Crippen molar-refractivity contribution in [2.24, 2.45) is 0 Å². The van der Waals surface area contributed by atoms with Gasteiger partial charge in [-0.25, -0.2) is 0 Å². The maximum Gasteiger partial charge on any atom is 0.0419 e. The first-order chi connectivity index (χ1) is 13.0. The van der Waals surface area contributed by atoms with Gasteiger partial charge < -0.3 is 5.32 Å². The van der Waals surface area contributed by atoms with Gasteiger partial charge >= 0.3 is 0 Å². The summed E-state index contributed by atoms with van der Waals surface area (Å²) in [6.45, 7) is 6.77. The van der Waals surface area contributed by atoms with E-state index in [-0.39, 0.29) is 5.41 Å². The third-order valence-electron chi connectivity index (χ3n) is 5.61. The SMILES string of the molecule is CC(C)(C)c1ccc(Nc2cc3ccc2CCc2ccc(cc2)CC3)cc1. The van der Waals surface area contributed by atoms with Gasteiger partial charge in [0.1, 0.15) is 0 Å². The second kappa shape index (κ2) is 7.23. The molecular formula is C26H29N. The van der Waals surface area contributed by atoms with Crippen LogP contribution in [0.3, 0.4) is 0 Å². The number of benzene rings is 3. The first kappa shape index (κ1) is 17.9. The van der Waals surface area contributed by atoms with E-state index in [9.17, 15) is 0 Å². The van der Waals surface area contributed by atoms with Crippen LogP contribution in [0.25, 0.3) is 0 Å². The summed E-state index contributed by atoms with van der Waals surface area (Å²) in [4.78, 5) is 0. The Labute approximate surface area is 163 Å². The average molecular weight is 356 g/mol. The molecule has 0 fully saturated rings. The van der Waals surface area contributed by atoms with Gasteiger partial charge in [-0.15, -0.1) is 0 Å². The van der Waals surface area contributed by atoms with E-state index in [0.29, 0.717) is 0 Å². The average Bonchev–Trinajstić information content (AvgIpc) is 2.64. The first-order valence-electron chi connectivity index (χ1n) is 10.0. The molecule has 0 aromatic heterocycles. The molecule has 0 unspecified atom stereocenters. The van der Waals surface area contributed by atoms with Crippen molar-refractivity contribution in [1.82, 2.24) is 0 Å². The van der Waals surface area contributed by atoms with E-state index in [0.717, 1.165) is 31.4 Å². The molecule has 3 aromatic rings. The molecule has 0 amide bonds. The fraction of sp³-hybridized carbons (Fsp3) is 0.308. The Morgan fingerprint density at radius 3 is 1.81 bits per heavy atom. The van der Waals surface area contributed by atoms with Crippen molar-refractivity contribution >= 4 is 11.4 Å². The normalized spacial score (nSPS) is 13.9. The summed E-state index contributed by atoms with van der Waals surface area (Å²) in [6, 6.07) is 25.0. The highest BCUT2D eigenvalue weighted by Crippen LogP contribution is 2.28. The minimum atomic E-state index is 0.187. The van der Waals surface area contributed by atoms with Gasteiger partial charge in [0, 0.05) is 11.4 Å². The summed E-state index contributed by atoms with van der Waals surface area (Å²) in [6.07, 6.45) is 4.32. The standard InChI is InChI=1S/C26H29N/c1-26(2,3)23-14-16-24(17-15-23)27-25-18-21-9-8-19-4-6-20(7-5-19)10-12-22(25)13-11-21/h4-7,11,13-18,27H,8-10,12H2,1-3H3. The summed E-state index contributed by atoms with van der Waals surface area (Å²) < 4.78 is 0. The monoisotopic (exact) mass is 355 g/mol. The van der Waals surface area contributed by atoms with Crippen molar-refractivity contribution in [3.8, 4) is 0 Å². The lowest BCUT2D eigenvalue weighted by Gasteiger charge is -2.20. The molecule has 0 atom stereocenters. The van der Waals surface area contributed by atoms with Crippen molar-refractivity contribution in [3.05, 3.63) is 94.5 Å². The topological polar surface area (TPSA) is 12.0 Å². The lowest BCUT2D eigenvalue weighted by atomic mass is 9.87. The zero-order valence-corrected chi connectivity index (χ0v) is 16.7. The molecule has 0 spiro atoms. The highest BCUT2D eigenvalue weighted by molar-refractivity contribution is 5.64. The zero-order valence-electron chi connectivity index (χ0n) is 16.7. The molecule has 0 aliphatic heterocycles. The number of aryl methyl sites for hydroxylation is 4. The van der Waals surface area contributed by atoms with Crippen molar-refractivity contribution < 1.29 is 0 Å². The minimum Gasteiger partial charge on any atom is -0.355 e. The molecule has 1 N–H and O–H groups in total. The van der Waals surface area contributed by atoms with Crippen LogP contribution in [0.1, 0.15) is 48.6 Å². The second-order valence-corrected chi connectivity index (χ2v) is 8.76.